The number of aliphatic carboxylic acids is 1. The summed E-state index contributed by atoms with van der Waals surface area (Å²) in [5.41, 5.74) is 0.343. The lowest BCUT2D eigenvalue weighted by Gasteiger charge is -2.47. The first kappa shape index (κ1) is 24.0. The van der Waals surface area contributed by atoms with Crippen molar-refractivity contribution >= 4 is 22.7 Å². The molecule has 0 amide bonds. The maximum absolute atomic E-state index is 16.2. The van der Waals surface area contributed by atoms with Crippen LogP contribution in [0.5, 0.6) is 0 Å². The molecule has 2 atom stereocenters. The summed E-state index contributed by atoms with van der Waals surface area (Å²) in [4.78, 5) is 23.5. The number of benzene rings is 1. The Bertz CT molecular complexity index is 1610. The maximum atomic E-state index is 16.2. The quantitative estimate of drug-likeness (QED) is 0.305. The molecule has 38 heavy (non-hydrogen) atoms. The van der Waals surface area contributed by atoms with Crippen molar-refractivity contribution in [3.8, 4) is 28.5 Å². The van der Waals surface area contributed by atoms with Crippen LogP contribution in [0.4, 0.5) is 19.0 Å². The van der Waals surface area contributed by atoms with Crippen molar-refractivity contribution in [2.75, 3.05) is 5.32 Å². The summed E-state index contributed by atoms with van der Waals surface area (Å²) in [7, 11) is 0. The third kappa shape index (κ3) is 3.77. The van der Waals surface area contributed by atoms with Gasteiger partial charge in [0.1, 0.15) is 17.7 Å². The minimum atomic E-state index is -0.943. The van der Waals surface area contributed by atoms with Gasteiger partial charge in [0.15, 0.2) is 11.6 Å². The molecule has 10 heteroatoms. The summed E-state index contributed by atoms with van der Waals surface area (Å²) in [6.07, 6.45) is 7.58. The van der Waals surface area contributed by atoms with E-state index in [4.69, 9.17) is 0 Å². The van der Waals surface area contributed by atoms with Crippen molar-refractivity contribution in [2.45, 2.75) is 31.7 Å². The molecule has 0 saturated heterocycles. The zero-order valence-electron chi connectivity index (χ0n) is 20.0. The van der Waals surface area contributed by atoms with E-state index in [1.807, 2.05) is 6.07 Å². The molecule has 7 rings (SSSR count). The number of halogens is 3. The van der Waals surface area contributed by atoms with E-state index in [1.54, 1.807) is 12.1 Å². The van der Waals surface area contributed by atoms with Crippen LogP contribution in [0.25, 0.3) is 33.3 Å². The lowest BCUT2D eigenvalue weighted by atomic mass is 9.61. The minimum Gasteiger partial charge on any atom is -0.481 e. The second kappa shape index (κ2) is 9.17. The van der Waals surface area contributed by atoms with Gasteiger partial charge in [-0.1, -0.05) is 6.07 Å². The van der Waals surface area contributed by atoms with Gasteiger partial charge in [-0.15, -0.1) is 0 Å². The molecule has 2 bridgehead atoms. The molecular formula is C28H22F3N5O2. The first-order chi connectivity index (χ1) is 18.4. The van der Waals surface area contributed by atoms with Crippen molar-refractivity contribution < 1.29 is 23.1 Å². The van der Waals surface area contributed by atoms with E-state index >= 15 is 4.39 Å². The average Bonchev–Trinajstić information content (AvgIpc) is 3.34. The number of fused-ring (bicyclic) bond motifs is 4. The Balaban J connectivity index is 1.58. The van der Waals surface area contributed by atoms with Gasteiger partial charge in [0.05, 0.1) is 22.7 Å². The molecular weight excluding hydrogens is 495 g/mol. The van der Waals surface area contributed by atoms with Crippen molar-refractivity contribution in [3.63, 3.8) is 0 Å². The fraction of sp³-hybridized carbons (Fsp3) is 0.286. The fourth-order valence-corrected chi connectivity index (χ4v) is 6.27. The van der Waals surface area contributed by atoms with Gasteiger partial charge in [-0.25, -0.2) is 18.2 Å². The van der Waals surface area contributed by atoms with Gasteiger partial charge in [0.25, 0.3) is 0 Å². The number of carboxylic acids is 1. The standard InChI is InChI=1S/C28H22F3N5O2/c29-16-8-17-19(12-34-26(17)20(30)9-16)25-18(10-32)21(15-2-1-7-33-11-15)23(31)27(36-25)35-24-14-5-3-13(4-6-14)22(24)28(37)38/h1-2,7-9,11-14,22,24,34H,3-6H2,(H,35,36)(H,37,38)/t13?,14?,22-,24?/m1/s1. The fourth-order valence-electron chi connectivity index (χ4n) is 6.27. The average molecular weight is 518 g/mol. The molecule has 0 radical (unpaired) electrons. The monoisotopic (exact) mass is 517 g/mol. The Morgan fingerprint density at radius 2 is 1.92 bits per heavy atom. The first-order valence-corrected chi connectivity index (χ1v) is 12.4. The highest BCUT2D eigenvalue weighted by Gasteiger charge is 2.47. The van der Waals surface area contributed by atoms with Crippen molar-refractivity contribution in [2.24, 2.45) is 17.8 Å². The highest BCUT2D eigenvalue weighted by Crippen LogP contribution is 2.47. The zero-order valence-corrected chi connectivity index (χ0v) is 20.0. The molecule has 0 spiro atoms. The number of carboxylic acid groups (broad SMARTS) is 1. The van der Waals surface area contributed by atoms with Gasteiger partial charge in [-0.2, -0.15) is 5.26 Å². The second-order valence-electron chi connectivity index (χ2n) is 9.95. The molecule has 3 heterocycles. The number of aromatic amines is 1. The molecule has 3 aliphatic rings. The predicted octanol–water partition coefficient (Wildman–Crippen LogP) is 5.88. The number of H-pyrrole nitrogens is 1. The Labute approximate surface area is 215 Å². The van der Waals surface area contributed by atoms with E-state index in [0.29, 0.717) is 5.56 Å². The van der Waals surface area contributed by atoms with Crippen molar-refractivity contribution in [3.05, 3.63) is 65.9 Å². The van der Waals surface area contributed by atoms with E-state index in [0.717, 1.165) is 37.8 Å². The van der Waals surface area contributed by atoms with E-state index < -0.39 is 35.4 Å². The molecule has 0 aliphatic heterocycles. The van der Waals surface area contributed by atoms with Crippen LogP contribution in [0.1, 0.15) is 31.2 Å². The third-order valence-electron chi connectivity index (χ3n) is 7.97. The van der Waals surface area contributed by atoms with Crippen LogP contribution in [0.3, 0.4) is 0 Å². The number of nitrogens with zero attached hydrogens (tertiary/aromatic N) is 3. The summed E-state index contributed by atoms with van der Waals surface area (Å²) in [6, 6.07) is 6.51. The molecule has 1 aromatic carbocycles. The number of nitrogens with one attached hydrogen (secondary N) is 2. The number of rotatable bonds is 5. The lowest BCUT2D eigenvalue weighted by molar-refractivity contribution is -0.148. The Hall–Kier alpha value is -4.39. The molecule has 3 saturated carbocycles. The van der Waals surface area contributed by atoms with Gasteiger partial charge >= 0.3 is 5.97 Å². The number of hydrogen-bond donors (Lipinski definition) is 3. The minimum absolute atomic E-state index is 0.0133. The van der Waals surface area contributed by atoms with E-state index in [2.05, 4.69) is 20.3 Å². The predicted molar refractivity (Wildman–Crippen MR) is 133 cm³/mol. The zero-order chi connectivity index (χ0) is 26.6. The summed E-state index contributed by atoms with van der Waals surface area (Å²) < 4.78 is 44.9. The van der Waals surface area contributed by atoms with Crippen LogP contribution in [-0.2, 0) is 4.79 Å². The molecule has 3 aliphatic carbocycles. The van der Waals surface area contributed by atoms with Crippen molar-refractivity contribution in [1.82, 2.24) is 15.0 Å². The van der Waals surface area contributed by atoms with E-state index in [1.165, 1.54) is 18.6 Å². The van der Waals surface area contributed by atoms with Crippen LogP contribution in [0, 0.1) is 46.5 Å². The smallest absolute Gasteiger partial charge is 0.308 e. The number of aromatic nitrogens is 3. The molecule has 192 valence electrons. The normalized spacial score (nSPS) is 22.4. The van der Waals surface area contributed by atoms with Gasteiger partial charge in [0, 0.05) is 52.8 Å². The van der Waals surface area contributed by atoms with E-state index in [-0.39, 0.29) is 50.9 Å². The van der Waals surface area contributed by atoms with Crippen LogP contribution in [0.2, 0.25) is 0 Å². The van der Waals surface area contributed by atoms with Crippen LogP contribution in [0.15, 0.2) is 42.9 Å². The van der Waals surface area contributed by atoms with Crippen LogP contribution in [-0.4, -0.2) is 32.1 Å². The molecule has 3 N–H and O–H groups in total. The Morgan fingerprint density at radius 1 is 1.16 bits per heavy atom. The lowest BCUT2D eigenvalue weighted by Crippen LogP contribution is -2.51. The summed E-state index contributed by atoms with van der Waals surface area (Å²) in [5.74, 6) is -4.31. The second-order valence-corrected chi connectivity index (χ2v) is 9.95. The molecule has 3 aromatic heterocycles. The molecule has 3 fully saturated rings. The highest BCUT2D eigenvalue weighted by atomic mass is 19.1. The molecule has 7 nitrogen and oxygen atoms in total. The first-order valence-electron chi connectivity index (χ1n) is 12.4. The SMILES string of the molecule is N#Cc1c(-c2c[nH]c3c(F)cc(F)cc23)nc(NC2C3CCC(CC3)[C@H]2C(=O)O)c(F)c1-c1cccnc1. The van der Waals surface area contributed by atoms with Crippen LogP contribution >= 0.6 is 0 Å². The maximum Gasteiger partial charge on any atom is 0.308 e. The van der Waals surface area contributed by atoms with Crippen LogP contribution < -0.4 is 5.32 Å². The number of nitriles is 1. The summed E-state index contributed by atoms with van der Waals surface area (Å²) in [5, 5.41) is 23.4. The number of pyridine rings is 2. The molecule has 4 aromatic rings. The van der Waals surface area contributed by atoms with Crippen molar-refractivity contribution in [1.29, 1.82) is 5.26 Å². The topological polar surface area (TPSA) is 115 Å². The Morgan fingerprint density at radius 3 is 2.61 bits per heavy atom. The molecule has 1 unspecified atom stereocenters. The van der Waals surface area contributed by atoms with Gasteiger partial charge in [-0.05, 0) is 49.7 Å². The number of hydrogen-bond acceptors (Lipinski definition) is 5. The number of anilines is 1. The van der Waals surface area contributed by atoms with E-state index in [9.17, 15) is 23.9 Å². The highest BCUT2D eigenvalue weighted by molar-refractivity contribution is 5.98. The largest absolute Gasteiger partial charge is 0.481 e. The number of carbonyl (C=O) groups is 1. The Kier molecular flexibility index (Phi) is 5.79. The van der Waals surface area contributed by atoms with Gasteiger partial charge in [-0.3, -0.25) is 9.78 Å². The van der Waals surface area contributed by atoms with Gasteiger partial charge < -0.3 is 15.4 Å². The summed E-state index contributed by atoms with van der Waals surface area (Å²) >= 11 is 0. The third-order valence-corrected chi connectivity index (χ3v) is 7.97. The van der Waals surface area contributed by atoms with Gasteiger partial charge in [0.2, 0.25) is 0 Å². The summed E-state index contributed by atoms with van der Waals surface area (Å²) in [6.45, 7) is 0.